The maximum atomic E-state index is 12.5. The number of likely N-dealkylation sites (N-methyl/N-ethyl adjacent to an activating group) is 1. The van der Waals surface area contributed by atoms with E-state index < -0.39 is 10.0 Å². The van der Waals surface area contributed by atoms with Crippen molar-refractivity contribution in [3.63, 3.8) is 0 Å². The second-order valence-electron chi connectivity index (χ2n) is 6.13. The van der Waals surface area contributed by atoms with Gasteiger partial charge in [0, 0.05) is 0 Å². The number of hydrogen-bond acceptors (Lipinski definition) is 3. The first-order valence-corrected chi connectivity index (χ1v) is 9.82. The van der Waals surface area contributed by atoms with Crippen molar-refractivity contribution in [1.82, 2.24) is 4.90 Å². The van der Waals surface area contributed by atoms with Gasteiger partial charge in [-0.15, -0.1) is 0 Å². The van der Waals surface area contributed by atoms with Gasteiger partial charge in [0.05, 0.1) is 45.2 Å². The van der Waals surface area contributed by atoms with Crippen molar-refractivity contribution in [2.24, 2.45) is 0 Å². The fourth-order valence-corrected chi connectivity index (χ4v) is 3.51. The van der Waals surface area contributed by atoms with Crippen LogP contribution >= 0.6 is 0 Å². The third kappa shape index (κ3) is 4.68. The number of rotatable bonds is 5. The van der Waals surface area contributed by atoms with Gasteiger partial charge in [-0.2, -0.15) is 0 Å². The van der Waals surface area contributed by atoms with Crippen LogP contribution in [0.1, 0.15) is 12.5 Å². The predicted octanol–water partition coefficient (Wildman–Crippen LogP) is -0.628. The average molecular weight is 340 g/mol. The Balaban J connectivity index is 2.14. The van der Waals surface area contributed by atoms with Crippen LogP contribution in [0.5, 0.6) is 0 Å². The van der Waals surface area contributed by atoms with E-state index in [2.05, 4.69) is 7.05 Å². The third-order valence-electron chi connectivity index (χ3n) is 4.28. The molecule has 6 nitrogen and oxygen atoms in total. The molecule has 0 radical (unpaired) electrons. The summed E-state index contributed by atoms with van der Waals surface area (Å²) in [6.45, 7) is 5.06. The lowest BCUT2D eigenvalue weighted by molar-refractivity contribution is -0.883. The number of nitrogens with zero attached hydrogens (tertiary/aromatic N) is 2. The lowest BCUT2D eigenvalue weighted by Crippen LogP contribution is -3.12. The Labute approximate surface area is 138 Å². The van der Waals surface area contributed by atoms with Crippen LogP contribution in [0, 0.1) is 0 Å². The summed E-state index contributed by atoms with van der Waals surface area (Å²) in [5, 5.41) is 0. The smallest absolute Gasteiger partial charge is 0.243 e. The van der Waals surface area contributed by atoms with Gasteiger partial charge in [0.1, 0.15) is 6.54 Å². The SMILES string of the molecule is CCc1ccc(N(CC(=O)N2CC[NH+](C)CC2)S(C)(=O)=O)cc1. The zero-order valence-electron chi connectivity index (χ0n) is 14.1. The number of carbonyl (C=O) groups is 1. The standard InChI is InChI=1S/C16H25N3O3S/c1-4-14-5-7-15(8-6-14)19(23(3,21)22)13-16(20)18-11-9-17(2)10-12-18/h5-8H,4,9-13H2,1-3H3/p+1. The van der Waals surface area contributed by atoms with Crippen LogP contribution in [0.4, 0.5) is 5.69 Å². The van der Waals surface area contributed by atoms with E-state index in [1.165, 1.54) is 9.21 Å². The monoisotopic (exact) mass is 340 g/mol. The number of piperazine rings is 1. The number of quaternary nitrogens is 1. The molecule has 0 aromatic heterocycles. The molecular formula is C16H26N3O3S+. The summed E-state index contributed by atoms with van der Waals surface area (Å²) in [5.41, 5.74) is 1.67. The fraction of sp³-hybridized carbons (Fsp3) is 0.562. The molecule has 1 N–H and O–H groups in total. The summed E-state index contributed by atoms with van der Waals surface area (Å²) in [7, 11) is -1.40. The van der Waals surface area contributed by atoms with Crippen LogP contribution in [0.2, 0.25) is 0 Å². The predicted molar refractivity (Wildman–Crippen MR) is 91.2 cm³/mol. The largest absolute Gasteiger partial charge is 0.334 e. The summed E-state index contributed by atoms with van der Waals surface area (Å²) in [6.07, 6.45) is 2.03. The third-order valence-corrected chi connectivity index (χ3v) is 5.42. The average Bonchev–Trinajstić information content (AvgIpc) is 2.52. The van der Waals surface area contributed by atoms with Crippen LogP contribution in [-0.4, -0.2) is 65.3 Å². The molecule has 2 rings (SSSR count). The van der Waals surface area contributed by atoms with Crippen molar-refractivity contribution < 1.29 is 18.1 Å². The number of sulfonamides is 1. The van der Waals surface area contributed by atoms with Gasteiger partial charge in [0.15, 0.2) is 0 Å². The Morgan fingerprint density at radius 2 is 1.78 bits per heavy atom. The van der Waals surface area contributed by atoms with Gasteiger partial charge in [0.25, 0.3) is 0 Å². The minimum Gasteiger partial charge on any atom is -0.334 e. The van der Waals surface area contributed by atoms with Crippen LogP contribution in [0.15, 0.2) is 24.3 Å². The highest BCUT2D eigenvalue weighted by Gasteiger charge is 2.26. The highest BCUT2D eigenvalue weighted by Crippen LogP contribution is 2.18. The summed E-state index contributed by atoms with van der Waals surface area (Å²) in [5.74, 6) is -0.137. The number of nitrogens with one attached hydrogen (secondary N) is 1. The zero-order chi connectivity index (χ0) is 17.0. The van der Waals surface area contributed by atoms with E-state index >= 15 is 0 Å². The molecule has 1 fully saturated rings. The molecule has 7 heteroatoms. The van der Waals surface area contributed by atoms with Crippen LogP contribution in [0.25, 0.3) is 0 Å². The summed E-state index contributed by atoms with van der Waals surface area (Å²) >= 11 is 0. The van der Waals surface area contributed by atoms with Crippen molar-refractivity contribution in [2.75, 3.05) is 50.3 Å². The molecule has 1 saturated heterocycles. The molecule has 1 aliphatic heterocycles. The maximum Gasteiger partial charge on any atom is 0.243 e. The topological polar surface area (TPSA) is 62.1 Å². The van der Waals surface area contributed by atoms with Crippen LogP contribution in [0.3, 0.4) is 0 Å². The van der Waals surface area contributed by atoms with Gasteiger partial charge in [-0.1, -0.05) is 19.1 Å². The molecule has 0 aliphatic carbocycles. The number of amides is 1. The number of carbonyl (C=O) groups excluding carboxylic acids is 1. The van der Waals surface area contributed by atoms with Crippen LogP contribution in [-0.2, 0) is 21.2 Å². The molecule has 1 aromatic carbocycles. The summed E-state index contributed by atoms with van der Waals surface area (Å²) in [6, 6.07) is 7.33. The Morgan fingerprint density at radius 1 is 1.22 bits per heavy atom. The Kier molecular flexibility index (Phi) is 5.64. The minimum absolute atomic E-state index is 0.136. The zero-order valence-corrected chi connectivity index (χ0v) is 14.9. The second-order valence-corrected chi connectivity index (χ2v) is 8.03. The van der Waals surface area contributed by atoms with E-state index in [0.717, 1.165) is 31.3 Å². The van der Waals surface area contributed by atoms with E-state index in [1.807, 2.05) is 19.1 Å². The van der Waals surface area contributed by atoms with E-state index in [1.54, 1.807) is 17.0 Å². The first-order valence-electron chi connectivity index (χ1n) is 7.97. The van der Waals surface area contributed by atoms with Crippen molar-refractivity contribution in [1.29, 1.82) is 0 Å². The minimum atomic E-state index is -3.50. The lowest BCUT2D eigenvalue weighted by Gasteiger charge is -2.32. The molecule has 23 heavy (non-hydrogen) atoms. The Morgan fingerprint density at radius 3 is 2.26 bits per heavy atom. The molecule has 0 atom stereocenters. The molecule has 1 aliphatic rings. The number of benzene rings is 1. The molecule has 1 amide bonds. The molecule has 1 aromatic rings. The first kappa shape index (κ1) is 17.7. The Hall–Kier alpha value is -1.60. The van der Waals surface area contributed by atoms with Gasteiger partial charge >= 0.3 is 0 Å². The second kappa shape index (κ2) is 7.31. The molecule has 0 unspecified atom stereocenters. The molecule has 0 saturated carbocycles. The molecular weight excluding hydrogens is 314 g/mol. The number of anilines is 1. The first-order chi connectivity index (χ1) is 10.8. The highest BCUT2D eigenvalue weighted by molar-refractivity contribution is 7.92. The lowest BCUT2D eigenvalue weighted by atomic mass is 10.1. The Bertz CT molecular complexity index is 635. The molecule has 0 bridgehead atoms. The van der Waals surface area contributed by atoms with Gasteiger partial charge in [-0.3, -0.25) is 9.10 Å². The van der Waals surface area contributed by atoms with Gasteiger partial charge < -0.3 is 9.80 Å². The van der Waals surface area contributed by atoms with Gasteiger partial charge in [0.2, 0.25) is 15.9 Å². The van der Waals surface area contributed by atoms with E-state index in [9.17, 15) is 13.2 Å². The molecule has 128 valence electrons. The quantitative estimate of drug-likeness (QED) is 0.777. The summed E-state index contributed by atoms with van der Waals surface area (Å²) < 4.78 is 25.4. The van der Waals surface area contributed by atoms with E-state index in [-0.39, 0.29) is 12.5 Å². The van der Waals surface area contributed by atoms with Crippen molar-refractivity contribution in [2.45, 2.75) is 13.3 Å². The van der Waals surface area contributed by atoms with Gasteiger partial charge in [-0.05, 0) is 24.1 Å². The molecule has 1 heterocycles. The van der Waals surface area contributed by atoms with E-state index in [0.29, 0.717) is 18.8 Å². The van der Waals surface area contributed by atoms with Crippen molar-refractivity contribution >= 4 is 21.6 Å². The van der Waals surface area contributed by atoms with Gasteiger partial charge in [-0.25, -0.2) is 8.42 Å². The number of aryl methyl sites for hydroxylation is 1. The van der Waals surface area contributed by atoms with Crippen molar-refractivity contribution in [3.8, 4) is 0 Å². The fourth-order valence-electron chi connectivity index (χ4n) is 2.66. The van der Waals surface area contributed by atoms with Crippen LogP contribution < -0.4 is 9.21 Å². The van der Waals surface area contributed by atoms with E-state index in [4.69, 9.17) is 0 Å². The highest BCUT2D eigenvalue weighted by atomic mass is 32.2. The molecule has 0 spiro atoms. The number of hydrogen-bond donors (Lipinski definition) is 1. The normalized spacial score (nSPS) is 16.4. The maximum absolute atomic E-state index is 12.5. The van der Waals surface area contributed by atoms with Crippen molar-refractivity contribution in [3.05, 3.63) is 29.8 Å². The summed E-state index contributed by atoms with van der Waals surface area (Å²) in [4.78, 5) is 15.6.